The van der Waals surface area contributed by atoms with Crippen molar-refractivity contribution in [2.75, 3.05) is 10.3 Å². The first-order valence-corrected chi connectivity index (χ1v) is 10.8. The molecule has 30 heavy (non-hydrogen) atoms. The Bertz CT molecular complexity index is 962. The molecule has 0 spiro atoms. The lowest BCUT2D eigenvalue weighted by molar-refractivity contribution is -0.118. The molecule has 1 aromatic carbocycles. The Morgan fingerprint density at radius 1 is 1.23 bits per heavy atom. The van der Waals surface area contributed by atoms with Crippen molar-refractivity contribution in [2.45, 2.75) is 77.9 Å². The van der Waals surface area contributed by atoms with Gasteiger partial charge in [-0.2, -0.15) is 10.4 Å². The van der Waals surface area contributed by atoms with Crippen LogP contribution in [0.3, 0.4) is 0 Å². The SMILES string of the molecule is CC1=NN(c2ccc(C#N)c(NC3CCC(O)CC3)c2)C2=C(C1)C(=O)CC(C)(C)C2. The molecular formula is C24H30N4O2. The zero-order valence-corrected chi connectivity index (χ0v) is 18.0. The van der Waals surface area contributed by atoms with Crippen molar-refractivity contribution >= 4 is 22.9 Å². The normalized spacial score (nSPS) is 26.0. The number of hydrogen-bond acceptors (Lipinski definition) is 6. The molecule has 0 unspecified atom stereocenters. The van der Waals surface area contributed by atoms with Crippen LogP contribution in [0.4, 0.5) is 11.4 Å². The van der Waals surface area contributed by atoms with Crippen LogP contribution in [0, 0.1) is 16.7 Å². The maximum atomic E-state index is 12.8. The van der Waals surface area contributed by atoms with Gasteiger partial charge in [0, 0.05) is 30.2 Å². The number of allylic oxidation sites excluding steroid dienone is 2. The van der Waals surface area contributed by atoms with E-state index in [1.807, 2.05) is 30.1 Å². The van der Waals surface area contributed by atoms with Crippen molar-refractivity contribution in [3.63, 3.8) is 0 Å². The minimum Gasteiger partial charge on any atom is -0.393 e. The Kier molecular flexibility index (Phi) is 5.42. The predicted octanol–water partition coefficient (Wildman–Crippen LogP) is 4.50. The average molecular weight is 407 g/mol. The number of carbonyl (C=O) groups is 1. The summed E-state index contributed by atoms with van der Waals surface area (Å²) in [4.78, 5) is 12.8. The molecule has 0 radical (unpaired) electrons. The summed E-state index contributed by atoms with van der Waals surface area (Å²) < 4.78 is 0. The number of hydrogen-bond donors (Lipinski definition) is 2. The van der Waals surface area contributed by atoms with E-state index < -0.39 is 0 Å². The van der Waals surface area contributed by atoms with Crippen molar-refractivity contribution in [3.05, 3.63) is 35.0 Å². The molecule has 158 valence electrons. The Morgan fingerprint density at radius 3 is 2.67 bits per heavy atom. The summed E-state index contributed by atoms with van der Waals surface area (Å²) in [6.45, 7) is 6.21. The lowest BCUT2D eigenvalue weighted by Crippen LogP contribution is -2.35. The van der Waals surface area contributed by atoms with Gasteiger partial charge in [-0.05, 0) is 62.6 Å². The fraction of sp³-hybridized carbons (Fsp3) is 0.542. The second-order valence-corrected chi connectivity index (χ2v) is 9.68. The largest absolute Gasteiger partial charge is 0.393 e. The van der Waals surface area contributed by atoms with E-state index in [0.717, 1.165) is 60.5 Å². The molecule has 0 aromatic heterocycles. The van der Waals surface area contributed by atoms with Crippen LogP contribution in [-0.4, -0.2) is 28.7 Å². The first-order valence-electron chi connectivity index (χ1n) is 10.8. The van der Waals surface area contributed by atoms with E-state index in [0.29, 0.717) is 18.4 Å². The minimum atomic E-state index is -0.215. The molecule has 1 fully saturated rings. The van der Waals surface area contributed by atoms with Gasteiger partial charge in [0.2, 0.25) is 0 Å². The number of nitriles is 1. The third-order valence-electron chi connectivity index (χ3n) is 6.35. The quantitative estimate of drug-likeness (QED) is 0.771. The number of rotatable bonds is 3. The van der Waals surface area contributed by atoms with Gasteiger partial charge in [0.05, 0.1) is 28.7 Å². The Morgan fingerprint density at radius 2 is 1.97 bits per heavy atom. The minimum absolute atomic E-state index is 0.0917. The average Bonchev–Trinajstić information content (AvgIpc) is 2.69. The predicted molar refractivity (Wildman–Crippen MR) is 118 cm³/mol. The Labute approximate surface area is 178 Å². The van der Waals surface area contributed by atoms with Crippen LogP contribution in [-0.2, 0) is 4.79 Å². The van der Waals surface area contributed by atoms with E-state index >= 15 is 0 Å². The summed E-state index contributed by atoms with van der Waals surface area (Å²) in [5.74, 6) is 0.216. The van der Waals surface area contributed by atoms with Crippen LogP contribution >= 0.6 is 0 Å². The van der Waals surface area contributed by atoms with E-state index in [9.17, 15) is 15.2 Å². The van der Waals surface area contributed by atoms with Crippen molar-refractivity contribution in [1.29, 1.82) is 5.26 Å². The summed E-state index contributed by atoms with van der Waals surface area (Å²) in [6.07, 6.45) is 5.10. The van der Waals surface area contributed by atoms with Gasteiger partial charge in [0.25, 0.3) is 0 Å². The zero-order chi connectivity index (χ0) is 21.5. The molecule has 1 saturated carbocycles. The first-order chi connectivity index (χ1) is 14.3. The number of nitrogens with zero attached hydrogens (tertiary/aromatic N) is 3. The van der Waals surface area contributed by atoms with Crippen molar-refractivity contribution in [2.24, 2.45) is 10.5 Å². The van der Waals surface area contributed by atoms with E-state index in [-0.39, 0.29) is 23.3 Å². The molecule has 6 nitrogen and oxygen atoms in total. The van der Waals surface area contributed by atoms with E-state index in [2.05, 4.69) is 25.2 Å². The van der Waals surface area contributed by atoms with E-state index in [4.69, 9.17) is 5.10 Å². The van der Waals surface area contributed by atoms with Gasteiger partial charge in [-0.25, -0.2) is 5.01 Å². The third-order valence-corrected chi connectivity index (χ3v) is 6.35. The van der Waals surface area contributed by atoms with Crippen LogP contribution in [0.25, 0.3) is 0 Å². The van der Waals surface area contributed by atoms with Crippen molar-refractivity contribution < 1.29 is 9.90 Å². The fourth-order valence-corrected chi connectivity index (χ4v) is 4.78. The lowest BCUT2D eigenvalue weighted by Gasteiger charge is -2.38. The molecule has 2 aliphatic carbocycles. The van der Waals surface area contributed by atoms with Gasteiger partial charge in [0.15, 0.2) is 5.78 Å². The molecule has 1 heterocycles. The number of aliphatic hydroxyl groups excluding tert-OH is 1. The molecular weight excluding hydrogens is 376 g/mol. The van der Waals surface area contributed by atoms with E-state index in [1.165, 1.54) is 0 Å². The number of carbonyl (C=O) groups excluding carboxylic acids is 1. The molecule has 2 N–H and O–H groups in total. The topological polar surface area (TPSA) is 88.7 Å². The number of ketones is 1. The number of aliphatic hydroxyl groups is 1. The van der Waals surface area contributed by atoms with Crippen LogP contribution < -0.4 is 10.3 Å². The van der Waals surface area contributed by atoms with Crippen LogP contribution in [0.15, 0.2) is 34.6 Å². The Balaban J connectivity index is 1.68. The number of anilines is 2. The van der Waals surface area contributed by atoms with Gasteiger partial charge >= 0.3 is 0 Å². The van der Waals surface area contributed by atoms with Gasteiger partial charge in [0.1, 0.15) is 6.07 Å². The Hall–Kier alpha value is -2.65. The number of Topliss-reactive ketones (excluding diaryl/α,β-unsaturated/α-hetero) is 1. The van der Waals surface area contributed by atoms with Gasteiger partial charge < -0.3 is 10.4 Å². The summed E-state index contributed by atoms with van der Waals surface area (Å²) in [5, 5.41) is 29.6. The molecule has 3 aliphatic rings. The zero-order valence-electron chi connectivity index (χ0n) is 18.0. The number of benzene rings is 1. The standard InChI is InChI=1S/C24H30N4O2/c1-15-10-20-22(12-24(2,3)13-23(20)30)28(27-15)18-7-4-16(14-25)21(11-18)26-17-5-8-19(29)9-6-17/h4,7,11,17,19,26,29H,5-6,8-10,12-13H2,1-3H3. The second-order valence-electron chi connectivity index (χ2n) is 9.68. The molecule has 4 rings (SSSR count). The summed E-state index contributed by atoms with van der Waals surface area (Å²) >= 11 is 0. The second kappa shape index (κ2) is 7.88. The molecule has 0 saturated heterocycles. The molecule has 6 heteroatoms. The fourth-order valence-electron chi connectivity index (χ4n) is 4.78. The summed E-state index contributed by atoms with van der Waals surface area (Å²) in [7, 11) is 0. The van der Waals surface area contributed by atoms with Crippen molar-refractivity contribution in [3.8, 4) is 6.07 Å². The highest BCUT2D eigenvalue weighted by molar-refractivity contribution is 6.05. The highest BCUT2D eigenvalue weighted by Crippen LogP contribution is 2.43. The summed E-state index contributed by atoms with van der Waals surface area (Å²) in [6, 6.07) is 8.23. The number of nitrogens with one attached hydrogen (secondary N) is 1. The van der Waals surface area contributed by atoms with Crippen LogP contribution in [0.2, 0.25) is 0 Å². The maximum absolute atomic E-state index is 12.8. The molecule has 1 aliphatic heterocycles. The summed E-state index contributed by atoms with van der Waals surface area (Å²) in [5.41, 5.74) is 4.94. The third kappa shape index (κ3) is 4.13. The first kappa shape index (κ1) is 20.6. The van der Waals surface area contributed by atoms with Gasteiger partial charge in [-0.15, -0.1) is 0 Å². The number of hydrazone groups is 1. The molecule has 0 bridgehead atoms. The van der Waals surface area contributed by atoms with Crippen molar-refractivity contribution in [1.82, 2.24) is 0 Å². The smallest absolute Gasteiger partial charge is 0.161 e. The van der Waals surface area contributed by atoms with Gasteiger partial charge in [-0.1, -0.05) is 13.8 Å². The highest BCUT2D eigenvalue weighted by atomic mass is 16.3. The highest BCUT2D eigenvalue weighted by Gasteiger charge is 2.37. The van der Waals surface area contributed by atoms with Gasteiger partial charge in [-0.3, -0.25) is 4.79 Å². The molecule has 1 aromatic rings. The van der Waals surface area contributed by atoms with E-state index in [1.54, 1.807) is 0 Å². The molecule has 0 amide bonds. The lowest BCUT2D eigenvalue weighted by atomic mass is 9.74. The monoisotopic (exact) mass is 406 g/mol. The maximum Gasteiger partial charge on any atom is 0.161 e. The molecule has 0 atom stereocenters. The van der Waals surface area contributed by atoms with Crippen LogP contribution in [0.5, 0.6) is 0 Å². The van der Waals surface area contributed by atoms with Crippen LogP contribution in [0.1, 0.15) is 71.3 Å².